The molecule has 2 saturated heterocycles. The van der Waals surface area contributed by atoms with Crippen LogP contribution in [0.3, 0.4) is 0 Å². The molecule has 1 aromatic rings. The van der Waals surface area contributed by atoms with Crippen molar-refractivity contribution in [1.82, 2.24) is 36.0 Å². The van der Waals surface area contributed by atoms with Crippen molar-refractivity contribution in [2.24, 2.45) is 11.8 Å². The fourth-order valence-electron chi connectivity index (χ4n) is 7.60. The second kappa shape index (κ2) is 19.8. The molecule has 2 heterocycles. The summed E-state index contributed by atoms with van der Waals surface area (Å²) in [5.74, 6) is -8.14. The van der Waals surface area contributed by atoms with Gasteiger partial charge in [0.25, 0.3) is 5.91 Å². The van der Waals surface area contributed by atoms with Gasteiger partial charge in [-0.25, -0.2) is 8.78 Å². The fourth-order valence-corrected chi connectivity index (χ4v) is 7.79. The molecule has 1 aromatic carbocycles. The van der Waals surface area contributed by atoms with Crippen LogP contribution in [0, 0.1) is 17.7 Å². The number of nitrogens with one attached hydrogen (secondary N) is 4. The highest BCUT2D eigenvalue weighted by molar-refractivity contribution is 6.30. The summed E-state index contributed by atoms with van der Waals surface area (Å²) in [6.07, 6.45) is -6.95. The lowest BCUT2D eigenvalue weighted by atomic mass is 9.97. The third kappa shape index (κ3) is 11.9. The molecule has 0 aromatic heterocycles. The zero-order valence-electron chi connectivity index (χ0n) is 35.8. The number of likely N-dealkylation sites (tertiary alicyclic amines) is 1. The molecule has 2 aliphatic heterocycles. The van der Waals surface area contributed by atoms with Crippen molar-refractivity contribution in [1.29, 1.82) is 0 Å². The second-order valence-corrected chi connectivity index (χ2v) is 18.1. The van der Waals surface area contributed by atoms with E-state index in [-0.39, 0.29) is 62.1 Å². The predicted octanol–water partition coefficient (Wildman–Crippen LogP) is 2.55. The van der Waals surface area contributed by atoms with E-state index in [9.17, 15) is 56.2 Å². The molecule has 346 valence electrons. The molecule has 0 spiro atoms. The summed E-state index contributed by atoms with van der Waals surface area (Å²) in [7, 11) is 2.60. The Morgan fingerprint density at radius 2 is 1.71 bits per heavy atom. The number of hydrogen-bond donors (Lipinski definition) is 5. The molecule has 0 unspecified atom stereocenters. The maximum atomic E-state index is 15.1. The largest absolute Gasteiger partial charge is 0.426 e. The minimum Gasteiger partial charge on any atom is -0.373 e. The molecule has 7 amide bonds. The van der Waals surface area contributed by atoms with E-state index in [1.165, 1.54) is 40.1 Å². The minimum atomic E-state index is -5.44. The van der Waals surface area contributed by atoms with Crippen molar-refractivity contribution in [2.75, 3.05) is 27.2 Å². The molecule has 0 bridgehead atoms. The Morgan fingerprint density at radius 1 is 1.06 bits per heavy atom. The lowest BCUT2D eigenvalue weighted by Gasteiger charge is -2.36. The van der Waals surface area contributed by atoms with E-state index in [1.54, 1.807) is 13.8 Å². The summed E-state index contributed by atoms with van der Waals surface area (Å²) in [5, 5.41) is 20.8. The van der Waals surface area contributed by atoms with Crippen molar-refractivity contribution in [3.05, 3.63) is 34.6 Å². The fraction of sp³-hybridized carbons (Fsp3) is 0.683. The number of nitrogens with zero attached hydrogens (tertiary/aromatic N) is 3. The molecule has 7 atom stereocenters. The van der Waals surface area contributed by atoms with Gasteiger partial charge in [0.1, 0.15) is 47.7 Å². The normalized spacial score (nSPS) is 26.0. The standard InChI is InChI=1S/C41H57ClF5N7O8/c1-21(2)16-27-35(58)53(7)29(18-23-17-24(42)13-14-26(23)44)34(57)51-39(3,4)37(60)48-15-9-8-10-28(32(55)49-27)52(6)36(59)31(22-11-12-22)50-33(56)30-19-25(43)20-54(30)38(61)40(5,62)41(45,46)47/h13-14,17,21-22,25,27-31,62H,8-12,15-16,18-20H2,1-7H3,(H,48,60)(H,49,55)(H,50,56)(H,51,57)/t25-,27+,28+,29+,30+,31+,40-/m1/s1. The Labute approximate surface area is 362 Å². The van der Waals surface area contributed by atoms with Crippen LogP contribution < -0.4 is 21.3 Å². The van der Waals surface area contributed by atoms with Crippen LogP contribution in [-0.4, -0.2) is 142 Å². The van der Waals surface area contributed by atoms with Crippen LogP contribution in [0.5, 0.6) is 0 Å². The quantitative estimate of drug-likeness (QED) is 0.221. The van der Waals surface area contributed by atoms with E-state index >= 15 is 4.39 Å². The maximum Gasteiger partial charge on any atom is 0.426 e. The van der Waals surface area contributed by atoms with E-state index in [0.29, 0.717) is 17.7 Å². The van der Waals surface area contributed by atoms with Crippen molar-refractivity contribution in [2.45, 2.75) is 140 Å². The lowest BCUT2D eigenvalue weighted by Crippen LogP contribution is -2.62. The molecular formula is C41H57ClF5N7O8. The van der Waals surface area contributed by atoms with Crippen molar-refractivity contribution < 1.29 is 60.6 Å². The smallest absolute Gasteiger partial charge is 0.373 e. The van der Waals surface area contributed by atoms with Crippen molar-refractivity contribution in [3.63, 3.8) is 0 Å². The van der Waals surface area contributed by atoms with E-state index in [0.717, 1.165) is 15.9 Å². The third-order valence-corrected chi connectivity index (χ3v) is 11.8. The molecule has 1 saturated carbocycles. The molecule has 3 fully saturated rings. The van der Waals surface area contributed by atoms with Gasteiger partial charge in [0.15, 0.2) is 0 Å². The summed E-state index contributed by atoms with van der Waals surface area (Å²) in [4.78, 5) is 99.3. The Morgan fingerprint density at radius 3 is 2.31 bits per heavy atom. The maximum absolute atomic E-state index is 15.1. The predicted molar refractivity (Wildman–Crippen MR) is 215 cm³/mol. The summed E-state index contributed by atoms with van der Waals surface area (Å²) < 4.78 is 70.4. The van der Waals surface area contributed by atoms with Crippen LogP contribution in [0.4, 0.5) is 22.0 Å². The van der Waals surface area contributed by atoms with Gasteiger partial charge in [-0.3, -0.25) is 33.6 Å². The number of halogens is 6. The summed E-state index contributed by atoms with van der Waals surface area (Å²) >= 11 is 6.14. The monoisotopic (exact) mass is 905 g/mol. The summed E-state index contributed by atoms with van der Waals surface area (Å²) in [6, 6.07) is -3.41. The van der Waals surface area contributed by atoms with Gasteiger partial charge < -0.3 is 41.1 Å². The molecule has 3 aliphatic rings. The molecule has 1 aliphatic carbocycles. The van der Waals surface area contributed by atoms with Gasteiger partial charge in [0.2, 0.25) is 41.0 Å². The van der Waals surface area contributed by atoms with Crippen LogP contribution in [0.2, 0.25) is 5.02 Å². The number of rotatable bonds is 10. The average molecular weight is 906 g/mol. The van der Waals surface area contributed by atoms with Crippen LogP contribution in [-0.2, 0) is 40.0 Å². The Kier molecular flexibility index (Phi) is 16.0. The Balaban J connectivity index is 1.65. The first-order chi connectivity index (χ1) is 28.7. The zero-order valence-corrected chi connectivity index (χ0v) is 36.6. The van der Waals surface area contributed by atoms with E-state index in [1.807, 2.05) is 0 Å². The highest BCUT2D eigenvalue weighted by atomic mass is 35.5. The lowest BCUT2D eigenvalue weighted by molar-refractivity contribution is -0.250. The first-order valence-corrected chi connectivity index (χ1v) is 21.0. The highest BCUT2D eigenvalue weighted by Gasteiger charge is 2.59. The van der Waals surface area contributed by atoms with Gasteiger partial charge in [-0.1, -0.05) is 25.4 Å². The van der Waals surface area contributed by atoms with Crippen molar-refractivity contribution >= 4 is 53.0 Å². The third-order valence-electron chi connectivity index (χ3n) is 11.6. The van der Waals surface area contributed by atoms with Crippen LogP contribution in [0.1, 0.15) is 85.1 Å². The number of aliphatic hydroxyl groups is 1. The molecule has 15 nitrogen and oxygen atoms in total. The number of likely N-dealkylation sites (N-methyl/N-ethyl adjacent to an activating group) is 2. The average Bonchev–Trinajstić information content (AvgIpc) is 3.95. The van der Waals surface area contributed by atoms with E-state index < -0.39 is 120 Å². The van der Waals surface area contributed by atoms with Gasteiger partial charge in [0.05, 0.1) is 6.54 Å². The number of benzene rings is 1. The number of hydrogen-bond acceptors (Lipinski definition) is 8. The SMILES string of the molecule is CC(C)C[C@@H]1NC(=O)[C@@H](N(C)C(=O)[C@@H](NC(=O)[C@@H]2C[C@@H](F)CN2C(=O)[C@@](C)(O)C(F)(F)F)C2CC2)CCCCNC(=O)C(C)(C)NC(=O)[C@H](Cc2cc(Cl)ccc2F)N(C)C1=O. The molecule has 5 N–H and O–H groups in total. The van der Waals surface area contributed by atoms with Gasteiger partial charge in [-0.2, -0.15) is 13.2 Å². The van der Waals surface area contributed by atoms with Crippen LogP contribution >= 0.6 is 11.6 Å². The van der Waals surface area contributed by atoms with Gasteiger partial charge >= 0.3 is 6.18 Å². The number of alkyl halides is 4. The first-order valence-electron chi connectivity index (χ1n) is 20.6. The second-order valence-electron chi connectivity index (χ2n) is 17.6. The topological polar surface area (TPSA) is 198 Å². The van der Waals surface area contributed by atoms with Gasteiger partial charge in [0, 0.05) is 38.5 Å². The van der Waals surface area contributed by atoms with Gasteiger partial charge in [-0.05, 0) is 94.9 Å². The van der Waals surface area contributed by atoms with Crippen LogP contribution in [0.25, 0.3) is 0 Å². The van der Waals surface area contributed by atoms with Crippen molar-refractivity contribution in [3.8, 4) is 0 Å². The van der Waals surface area contributed by atoms with Gasteiger partial charge in [-0.15, -0.1) is 0 Å². The molecule has 21 heteroatoms. The summed E-state index contributed by atoms with van der Waals surface area (Å²) in [6.45, 7) is 5.87. The first kappa shape index (κ1) is 50.1. The number of amides is 7. The van der Waals surface area contributed by atoms with Crippen LogP contribution in [0.15, 0.2) is 18.2 Å². The Hall–Kier alpha value is -4.59. The molecule has 62 heavy (non-hydrogen) atoms. The molecule has 0 radical (unpaired) electrons. The highest BCUT2D eigenvalue weighted by Crippen LogP contribution is 2.36. The van der Waals surface area contributed by atoms with E-state index in [2.05, 4.69) is 21.3 Å². The number of carbonyl (C=O) groups is 7. The number of carbonyl (C=O) groups excluding carboxylic acids is 7. The Bertz CT molecular complexity index is 1880. The minimum absolute atomic E-state index is 0.000783. The molecule has 4 rings (SSSR count). The molecular weight excluding hydrogens is 849 g/mol. The zero-order chi connectivity index (χ0) is 46.6. The summed E-state index contributed by atoms with van der Waals surface area (Å²) in [5.41, 5.74) is -5.43. The van der Waals surface area contributed by atoms with E-state index in [4.69, 9.17) is 11.6 Å².